The molecule has 0 bridgehead atoms. The molecule has 0 radical (unpaired) electrons. The number of hydrogen-bond donors (Lipinski definition) is 2. The van der Waals surface area contributed by atoms with Gasteiger partial charge >= 0.3 is 6.18 Å². The van der Waals surface area contributed by atoms with E-state index in [1.807, 2.05) is 67.7 Å². The van der Waals surface area contributed by atoms with Crippen LogP contribution in [-0.2, 0) is 8.85 Å². The summed E-state index contributed by atoms with van der Waals surface area (Å²) in [6.45, 7) is 18.9. The van der Waals surface area contributed by atoms with Gasteiger partial charge in [0.15, 0.2) is 22.7 Å². The maximum atomic E-state index is 13.4. The van der Waals surface area contributed by atoms with Gasteiger partial charge in [0.25, 0.3) is 0 Å². The van der Waals surface area contributed by atoms with Crippen molar-refractivity contribution in [2.24, 2.45) is 0 Å². The van der Waals surface area contributed by atoms with Crippen molar-refractivity contribution >= 4 is 16.6 Å². The normalized spacial score (nSPS) is 18.3. The van der Waals surface area contributed by atoms with Crippen molar-refractivity contribution in [1.82, 2.24) is 0 Å². The molecule has 164 valence electrons. The fraction of sp³-hybridized carbons (Fsp3) is 1.00. The highest BCUT2D eigenvalue weighted by Crippen LogP contribution is 2.42. The van der Waals surface area contributed by atoms with Crippen molar-refractivity contribution in [2.75, 3.05) is 6.61 Å². The van der Waals surface area contributed by atoms with Crippen LogP contribution >= 0.6 is 0 Å². The molecule has 27 heavy (non-hydrogen) atoms. The molecule has 0 saturated heterocycles. The van der Waals surface area contributed by atoms with Crippen molar-refractivity contribution in [3.8, 4) is 0 Å². The van der Waals surface area contributed by atoms with Gasteiger partial charge in [-0.15, -0.1) is 0 Å². The first kappa shape index (κ1) is 27.1. The first-order valence-electron chi connectivity index (χ1n) is 9.38. The molecule has 3 atom stereocenters. The van der Waals surface area contributed by atoms with E-state index < -0.39 is 41.1 Å². The minimum absolute atomic E-state index is 0.0288. The predicted molar refractivity (Wildman–Crippen MR) is 108 cm³/mol. The Balaban J connectivity index is 6.03. The van der Waals surface area contributed by atoms with Gasteiger partial charge in [-0.05, 0) is 42.7 Å². The summed E-state index contributed by atoms with van der Waals surface area (Å²) < 4.78 is 52.5. The lowest BCUT2D eigenvalue weighted by Gasteiger charge is -2.46. The third-order valence-electron chi connectivity index (χ3n) is 5.92. The fourth-order valence-electron chi connectivity index (χ4n) is 2.02. The van der Waals surface area contributed by atoms with Gasteiger partial charge in [-0.2, -0.15) is 13.2 Å². The van der Waals surface area contributed by atoms with Gasteiger partial charge in [0.05, 0.1) is 6.10 Å². The van der Waals surface area contributed by atoms with E-state index in [0.29, 0.717) is 0 Å². The van der Waals surface area contributed by atoms with Crippen LogP contribution in [0, 0.1) is 0 Å². The molecule has 0 aromatic carbocycles. The van der Waals surface area contributed by atoms with E-state index >= 15 is 0 Å². The Bertz CT molecular complexity index is 469. The average Bonchev–Trinajstić information content (AvgIpc) is 2.39. The molecule has 0 amide bonds. The Morgan fingerprint density at radius 2 is 1.19 bits per heavy atom. The summed E-state index contributed by atoms with van der Waals surface area (Å²) in [4.78, 5) is 0. The van der Waals surface area contributed by atoms with Crippen LogP contribution in [0.3, 0.4) is 0 Å². The van der Waals surface area contributed by atoms with Crippen molar-refractivity contribution < 1.29 is 32.2 Å². The van der Waals surface area contributed by atoms with E-state index in [1.165, 1.54) is 0 Å². The molecule has 0 saturated carbocycles. The van der Waals surface area contributed by atoms with E-state index in [9.17, 15) is 23.4 Å². The molecule has 0 aromatic rings. The number of rotatable bonds is 8. The number of halogens is 3. The molecule has 0 fully saturated rings. The van der Waals surface area contributed by atoms with Crippen LogP contribution in [0.5, 0.6) is 0 Å². The maximum absolute atomic E-state index is 13.4. The van der Waals surface area contributed by atoms with Crippen LogP contribution in [0.4, 0.5) is 13.2 Å². The van der Waals surface area contributed by atoms with Crippen LogP contribution in [-0.4, -0.2) is 57.9 Å². The third kappa shape index (κ3) is 7.43. The van der Waals surface area contributed by atoms with Gasteiger partial charge in [0.2, 0.25) is 0 Å². The zero-order valence-corrected chi connectivity index (χ0v) is 20.5. The second kappa shape index (κ2) is 8.83. The maximum Gasteiger partial charge on any atom is 0.416 e. The van der Waals surface area contributed by atoms with Crippen LogP contribution in [0.15, 0.2) is 0 Å². The average molecular weight is 433 g/mol. The molecule has 0 aliphatic rings. The molecule has 9 heteroatoms. The lowest BCUT2D eigenvalue weighted by atomic mass is 10.1. The largest absolute Gasteiger partial charge is 0.416 e. The number of hydrogen-bond acceptors (Lipinski definition) is 4. The summed E-state index contributed by atoms with van der Waals surface area (Å²) in [5.74, 6) is 0. The van der Waals surface area contributed by atoms with Gasteiger partial charge in [0, 0.05) is 6.61 Å². The Labute approximate surface area is 164 Å². The lowest BCUT2D eigenvalue weighted by molar-refractivity contribution is -0.238. The van der Waals surface area contributed by atoms with Gasteiger partial charge < -0.3 is 19.1 Å². The highest BCUT2D eigenvalue weighted by atomic mass is 28.4. The first-order valence-corrected chi connectivity index (χ1v) is 15.2. The van der Waals surface area contributed by atoms with Crippen molar-refractivity contribution in [1.29, 1.82) is 0 Å². The second-order valence-electron chi connectivity index (χ2n) is 10.3. The molecule has 4 nitrogen and oxygen atoms in total. The molecule has 0 aromatic heterocycles. The topological polar surface area (TPSA) is 58.9 Å². The number of aliphatic hydroxyl groups is 2. The standard InChI is InChI=1S/C18H39F3O4Si2/c1-16(2,3)26(7,8)24-13(11-12-22)14(15(23)18(19,20)21)25-27(9,10)17(4,5)6/h13-15,22-23H,11-12H2,1-10H3/t13-,14-,15-/m0/s1. The van der Waals surface area contributed by atoms with E-state index in [1.54, 1.807) is 0 Å². The fourth-order valence-corrected chi connectivity index (χ4v) is 4.70. The monoisotopic (exact) mass is 432 g/mol. The van der Waals surface area contributed by atoms with E-state index in [0.717, 1.165) is 0 Å². The van der Waals surface area contributed by atoms with Gasteiger partial charge in [-0.3, -0.25) is 0 Å². The number of aliphatic hydroxyl groups excluding tert-OH is 2. The zero-order valence-electron chi connectivity index (χ0n) is 18.5. The van der Waals surface area contributed by atoms with E-state index in [-0.39, 0.29) is 23.1 Å². The zero-order chi connectivity index (χ0) is 22.1. The minimum atomic E-state index is -4.84. The van der Waals surface area contributed by atoms with Crippen LogP contribution in [0.1, 0.15) is 48.0 Å². The van der Waals surface area contributed by atoms with Gasteiger partial charge in [-0.25, -0.2) is 0 Å². The lowest BCUT2D eigenvalue weighted by Crippen LogP contribution is -2.58. The molecule has 0 aliphatic heterocycles. The van der Waals surface area contributed by atoms with E-state index in [4.69, 9.17) is 8.85 Å². The van der Waals surface area contributed by atoms with Crippen molar-refractivity contribution in [3.63, 3.8) is 0 Å². The number of alkyl halides is 3. The van der Waals surface area contributed by atoms with Crippen molar-refractivity contribution in [3.05, 3.63) is 0 Å². The smallest absolute Gasteiger partial charge is 0.411 e. The van der Waals surface area contributed by atoms with Gasteiger partial charge in [-0.1, -0.05) is 41.5 Å². The molecular weight excluding hydrogens is 393 g/mol. The molecule has 0 heterocycles. The summed E-state index contributed by atoms with van der Waals surface area (Å²) in [6, 6.07) is 0. The van der Waals surface area contributed by atoms with Crippen LogP contribution < -0.4 is 0 Å². The Kier molecular flexibility index (Phi) is 8.85. The predicted octanol–water partition coefficient (Wildman–Crippen LogP) is 5.07. The Morgan fingerprint density at radius 3 is 1.48 bits per heavy atom. The molecular formula is C18H39F3O4Si2. The highest BCUT2D eigenvalue weighted by Gasteiger charge is 2.52. The summed E-state index contributed by atoms with van der Waals surface area (Å²) >= 11 is 0. The SMILES string of the molecule is CC(C)(C)[Si](C)(C)O[C@@H]([C@H](CCO)O[Si](C)(C)C(C)(C)C)[C@H](O)C(F)(F)F. The highest BCUT2D eigenvalue weighted by molar-refractivity contribution is 6.74. The van der Waals surface area contributed by atoms with Crippen molar-refractivity contribution in [2.45, 2.75) is 109 Å². The summed E-state index contributed by atoms with van der Waals surface area (Å²) in [7, 11) is -5.08. The first-order chi connectivity index (χ1) is 11.7. The minimum Gasteiger partial charge on any atom is -0.411 e. The summed E-state index contributed by atoms with van der Waals surface area (Å²) in [6.07, 6.45) is -10.2. The van der Waals surface area contributed by atoms with E-state index in [2.05, 4.69) is 0 Å². The summed E-state index contributed by atoms with van der Waals surface area (Å²) in [5, 5.41) is 19.0. The van der Waals surface area contributed by atoms with Gasteiger partial charge in [0.1, 0.15) is 6.10 Å². The van der Waals surface area contributed by atoms with Crippen LogP contribution in [0.2, 0.25) is 36.3 Å². The third-order valence-corrected chi connectivity index (χ3v) is 14.9. The Morgan fingerprint density at radius 1 is 0.815 bits per heavy atom. The molecule has 0 unspecified atom stereocenters. The molecule has 2 N–H and O–H groups in total. The molecule has 0 spiro atoms. The Hall–Kier alpha value is 0.0638. The molecule has 0 rings (SSSR count). The second-order valence-corrected chi connectivity index (χ2v) is 19.8. The summed E-state index contributed by atoms with van der Waals surface area (Å²) in [5.41, 5.74) is 0. The molecule has 0 aliphatic carbocycles. The quantitative estimate of drug-likeness (QED) is 0.526. The van der Waals surface area contributed by atoms with Crippen LogP contribution in [0.25, 0.3) is 0 Å².